The van der Waals surface area contributed by atoms with Crippen molar-refractivity contribution >= 4 is 35.0 Å². The lowest BCUT2D eigenvalue weighted by Gasteiger charge is -2.23. The molecule has 0 spiro atoms. The van der Waals surface area contributed by atoms with Gasteiger partial charge in [0, 0.05) is 17.8 Å². The number of hydrogen-bond donors (Lipinski definition) is 4. The van der Waals surface area contributed by atoms with Crippen LogP contribution in [-0.4, -0.2) is 21.8 Å². The maximum atomic E-state index is 12.9. The monoisotopic (exact) mass is 403 g/mol. The molecule has 8 nitrogen and oxygen atoms in total. The van der Waals surface area contributed by atoms with Crippen molar-refractivity contribution in [3.05, 3.63) is 75.6 Å². The van der Waals surface area contributed by atoms with Gasteiger partial charge in [0.15, 0.2) is 0 Å². The lowest BCUT2D eigenvalue weighted by Crippen LogP contribution is -2.36. The molecule has 0 aliphatic carbocycles. The molecule has 2 amide bonds. The number of nitrogens with zero attached hydrogens (tertiary/aromatic N) is 1. The van der Waals surface area contributed by atoms with E-state index in [9.17, 15) is 14.4 Å². The fourth-order valence-electron chi connectivity index (χ4n) is 3.36. The minimum Gasteiger partial charge on any atom is -0.326 e. The first-order valence-corrected chi connectivity index (χ1v) is 9.55. The topological polar surface area (TPSA) is 116 Å². The third kappa shape index (κ3) is 3.93. The van der Waals surface area contributed by atoms with Crippen molar-refractivity contribution in [2.75, 3.05) is 16.0 Å². The van der Waals surface area contributed by atoms with E-state index in [4.69, 9.17) is 0 Å². The zero-order chi connectivity index (χ0) is 21.3. The van der Waals surface area contributed by atoms with E-state index in [2.05, 4.69) is 25.9 Å². The van der Waals surface area contributed by atoms with E-state index in [0.29, 0.717) is 5.69 Å². The van der Waals surface area contributed by atoms with Crippen LogP contribution in [0.15, 0.2) is 53.3 Å². The summed E-state index contributed by atoms with van der Waals surface area (Å²) in [6.45, 7) is 3.93. The molecule has 4 N–H and O–H groups in total. The molecule has 1 unspecified atom stereocenters. The second-order valence-corrected chi connectivity index (χ2v) is 7.26. The van der Waals surface area contributed by atoms with E-state index in [1.807, 2.05) is 56.3 Å². The van der Waals surface area contributed by atoms with Crippen molar-refractivity contribution in [3.63, 3.8) is 0 Å². The van der Waals surface area contributed by atoms with Gasteiger partial charge in [0.1, 0.15) is 5.82 Å². The lowest BCUT2D eigenvalue weighted by atomic mass is 9.92. The van der Waals surface area contributed by atoms with Gasteiger partial charge >= 0.3 is 0 Å². The molecule has 1 atom stereocenters. The number of hydrogen-bond acceptors (Lipinski definition) is 5. The molecule has 1 aliphatic rings. The number of fused-ring (bicyclic) bond motifs is 1. The SMILES string of the molecule is Cc1ccc(NC(=O)C2CC(=O)Nc3nc(Nc4ccccc4)[nH]c(=O)c32)cc1C. The summed E-state index contributed by atoms with van der Waals surface area (Å²) in [7, 11) is 0. The van der Waals surface area contributed by atoms with E-state index >= 15 is 0 Å². The number of amides is 2. The van der Waals surface area contributed by atoms with Gasteiger partial charge < -0.3 is 16.0 Å². The first kappa shape index (κ1) is 19.4. The molecule has 2 heterocycles. The Bertz CT molecular complexity index is 1190. The smallest absolute Gasteiger partial charge is 0.258 e. The second-order valence-electron chi connectivity index (χ2n) is 7.26. The van der Waals surface area contributed by atoms with Gasteiger partial charge in [0.05, 0.1) is 11.5 Å². The van der Waals surface area contributed by atoms with Crippen LogP contribution < -0.4 is 21.5 Å². The molecule has 1 aromatic heterocycles. The minimum absolute atomic E-state index is 0.0914. The molecule has 152 valence electrons. The molecule has 1 aliphatic heterocycles. The number of aromatic amines is 1. The maximum absolute atomic E-state index is 12.9. The fraction of sp³-hybridized carbons (Fsp3) is 0.182. The highest BCUT2D eigenvalue weighted by Crippen LogP contribution is 2.30. The van der Waals surface area contributed by atoms with Crippen molar-refractivity contribution in [3.8, 4) is 0 Å². The molecule has 0 radical (unpaired) electrons. The summed E-state index contributed by atoms with van der Waals surface area (Å²) in [4.78, 5) is 44.9. The molecule has 2 aromatic carbocycles. The standard InChI is InChI=1S/C22H21N5O3/c1-12-8-9-15(10-13(12)2)23-20(29)16-11-17(28)25-19-18(16)21(30)27-22(26-19)24-14-6-4-3-5-7-14/h3-10,16H,11H2,1-2H3,(H,23,29)(H3,24,25,26,27,28,30). The summed E-state index contributed by atoms with van der Waals surface area (Å²) in [6.07, 6.45) is -0.125. The Hall–Kier alpha value is -3.94. The zero-order valence-electron chi connectivity index (χ0n) is 16.6. The highest BCUT2D eigenvalue weighted by Gasteiger charge is 2.34. The van der Waals surface area contributed by atoms with Crippen molar-refractivity contribution < 1.29 is 9.59 Å². The predicted octanol–water partition coefficient (Wildman–Crippen LogP) is 3.19. The number of nitrogens with one attached hydrogen (secondary N) is 4. The lowest BCUT2D eigenvalue weighted by molar-refractivity contribution is -0.123. The molecule has 30 heavy (non-hydrogen) atoms. The first-order chi connectivity index (χ1) is 14.4. The summed E-state index contributed by atoms with van der Waals surface area (Å²) in [5.74, 6) is -1.46. The van der Waals surface area contributed by atoms with Crippen molar-refractivity contribution in [1.82, 2.24) is 9.97 Å². The number of para-hydroxylation sites is 1. The Morgan fingerprint density at radius 1 is 1.03 bits per heavy atom. The summed E-state index contributed by atoms with van der Waals surface area (Å²) in [5.41, 5.74) is 3.16. The van der Waals surface area contributed by atoms with Crippen LogP contribution >= 0.6 is 0 Å². The molecule has 3 aromatic rings. The van der Waals surface area contributed by atoms with E-state index in [-0.39, 0.29) is 29.7 Å². The normalized spacial score (nSPS) is 15.1. The highest BCUT2D eigenvalue weighted by atomic mass is 16.2. The third-order valence-corrected chi connectivity index (χ3v) is 5.08. The van der Waals surface area contributed by atoms with Crippen LogP contribution in [0, 0.1) is 13.8 Å². The van der Waals surface area contributed by atoms with Gasteiger partial charge in [0.2, 0.25) is 17.8 Å². The number of aromatic nitrogens is 2. The first-order valence-electron chi connectivity index (χ1n) is 9.55. The van der Waals surface area contributed by atoms with Gasteiger partial charge in [-0.05, 0) is 49.2 Å². The Kier molecular flexibility index (Phi) is 5.05. The van der Waals surface area contributed by atoms with Crippen LogP contribution in [0.2, 0.25) is 0 Å². The van der Waals surface area contributed by atoms with Crippen LogP contribution in [0.5, 0.6) is 0 Å². The van der Waals surface area contributed by atoms with E-state index < -0.39 is 17.4 Å². The molecular formula is C22H21N5O3. The predicted molar refractivity (Wildman–Crippen MR) is 115 cm³/mol. The van der Waals surface area contributed by atoms with Crippen LogP contribution in [0.25, 0.3) is 0 Å². The molecule has 8 heteroatoms. The van der Waals surface area contributed by atoms with E-state index in [1.54, 1.807) is 6.07 Å². The number of H-pyrrole nitrogens is 1. The number of benzene rings is 2. The van der Waals surface area contributed by atoms with E-state index in [1.165, 1.54) is 0 Å². The van der Waals surface area contributed by atoms with Crippen LogP contribution in [0.1, 0.15) is 29.0 Å². The van der Waals surface area contributed by atoms with Crippen LogP contribution in [0.3, 0.4) is 0 Å². The molecular weight excluding hydrogens is 382 g/mol. The Morgan fingerprint density at radius 2 is 1.80 bits per heavy atom. The summed E-state index contributed by atoms with van der Waals surface area (Å²) < 4.78 is 0. The average molecular weight is 403 g/mol. The molecule has 0 saturated heterocycles. The number of carbonyl (C=O) groups excluding carboxylic acids is 2. The third-order valence-electron chi connectivity index (χ3n) is 5.08. The van der Waals surface area contributed by atoms with Crippen LogP contribution in [-0.2, 0) is 9.59 Å². The zero-order valence-corrected chi connectivity index (χ0v) is 16.6. The Labute approximate surface area is 172 Å². The molecule has 0 saturated carbocycles. The number of aryl methyl sites for hydroxylation is 2. The van der Waals surface area contributed by atoms with Gasteiger partial charge in [-0.15, -0.1) is 0 Å². The Morgan fingerprint density at radius 3 is 2.53 bits per heavy atom. The minimum atomic E-state index is -0.933. The number of anilines is 4. The van der Waals surface area contributed by atoms with Crippen molar-refractivity contribution in [1.29, 1.82) is 0 Å². The Balaban J connectivity index is 1.64. The van der Waals surface area contributed by atoms with Crippen molar-refractivity contribution in [2.45, 2.75) is 26.2 Å². The summed E-state index contributed by atoms with van der Waals surface area (Å²) in [5, 5.41) is 8.40. The molecule has 0 bridgehead atoms. The van der Waals surface area contributed by atoms with Gasteiger partial charge in [-0.25, -0.2) is 0 Å². The second kappa shape index (κ2) is 7.82. The average Bonchev–Trinajstić information content (AvgIpc) is 2.70. The molecule has 4 rings (SSSR count). The van der Waals surface area contributed by atoms with E-state index in [0.717, 1.165) is 16.8 Å². The van der Waals surface area contributed by atoms with Gasteiger partial charge in [-0.3, -0.25) is 19.4 Å². The largest absolute Gasteiger partial charge is 0.326 e. The fourth-order valence-corrected chi connectivity index (χ4v) is 3.36. The maximum Gasteiger partial charge on any atom is 0.258 e. The molecule has 0 fully saturated rings. The summed E-state index contributed by atoms with van der Waals surface area (Å²) >= 11 is 0. The van der Waals surface area contributed by atoms with Gasteiger partial charge in [-0.2, -0.15) is 4.98 Å². The van der Waals surface area contributed by atoms with Gasteiger partial charge in [0.25, 0.3) is 5.56 Å². The van der Waals surface area contributed by atoms with Gasteiger partial charge in [-0.1, -0.05) is 24.3 Å². The summed E-state index contributed by atoms with van der Waals surface area (Å²) in [6, 6.07) is 14.7. The quantitative estimate of drug-likeness (QED) is 0.534. The van der Waals surface area contributed by atoms with Crippen molar-refractivity contribution in [2.24, 2.45) is 0 Å². The van der Waals surface area contributed by atoms with Crippen LogP contribution in [0.4, 0.5) is 23.1 Å². The highest BCUT2D eigenvalue weighted by molar-refractivity contribution is 6.04. The number of rotatable bonds is 4. The number of carbonyl (C=O) groups is 2.